The van der Waals surface area contributed by atoms with Crippen LogP contribution in [0.2, 0.25) is 0 Å². The van der Waals surface area contributed by atoms with E-state index in [9.17, 15) is 4.79 Å². The predicted octanol–water partition coefficient (Wildman–Crippen LogP) is 1.40. The van der Waals surface area contributed by atoms with E-state index in [-0.39, 0.29) is 0 Å². The van der Waals surface area contributed by atoms with Crippen molar-refractivity contribution in [2.75, 3.05) is 7.11 Å². The molecule has 0 radical (unpaired) electrons. The highest BCUT2D eigenvalue weighted by molar-refractivity contribution is 5.76. The van der Waals surface area contributed by atoms with E-state index in [2.05, 4.69) is 0 Å². The SMILES string of the molecule is COc1c(C)ccc(C(N)C(=O)O)c1C. The van der Waals surface area contributed by atoms with Gasteiger partial charge in [0.25, 0.3) is 0 Å². The van der Waals surface area contributed by atoms with Gasteiger partial charge in [-0.05, 0) is 30.5 Å². The summed E-state index contributed by atoms with van der Waals surface area (Å²) in [6.07, 6.45) is 0. The van der Waals surface area contributed by atoms with Crippen molar-refractivity contribution < 1.29 is 14.6 Å². The number of ether oxygens (including phenoxy) is 1. The van der Waals surface area contributed by atoms with Crippen molar-refractivity contribution in [1.82, 2.24) is 0 Å². The molecular weight excluding hydrogens is 194 g/mol. The Labute approximate surface area is 88.7 Å². The Bertz CT molecular complexity index is 388. The highest BCUT2D eigenvalue weighted by Crippen LogP contribution is 2.28. The maximum absolute atomic E-state index is 10.8. The summed E-state index contributed by atoms with van der Waals surface area (Å²) in [4.78, 5) is 10.8. The van der Waals surface area contributed by atoms with Gasteiger partial charge in [0.05, 0.1) is 7.11 Å². The molecule has 0 spiro atoms. The molecule has 0 saturated heterocycles. The molecule has 0 bridgehead atoms. The molecule has 0 heterocycles. The number of hydrogen-bond acceptors (Lipinski definition) is 3. The van der Waals surface area contributed by atoms with Crippen molar-refractivity contribution in [3.05, 3.63) is 28.8 Å². The smallest absolute Gasteiger partial charge is 0.325 e. The summed E-state index contributed by atoms with van der Waals surface area (Å²) >= 11 is 0. The zero-order chi connectivity index (χ0) is 11.6. The van der Waals surface area contributed by atoms with E-state index in [0.29, 0.717) is 11.3 Å². The summed E-state index contributed by atoms with van der Waals surface area (Å²) < 4.78 is 5.20. The predicted molar refractivity (Wildman–Crippen MR) is 57.0 cm³/mol. The van der Waals surface area contributed by atoms with Crippen molar-refractivity contribution in [2.45, 2.75) is 19.9 Å². The first kappa shape index (κ1) is 11.5. The van der Waals surface area contributed by atoms with E-state index >= 15 is 0 Å². The Morgan fingerprint density at radius 2 is 2.07 bits per heavy atom. The number of rotatable bonds is 3. The standard InChI is InChI=1S/C11H15NO3/c1-6-4-5-8(9(12)11(13)14)7(2)10(6)15-3/h4-5,9H,12H2,1-3H3,(H,13,14). The minimum absolute atomic E-state index is 0.588. The van der Waals surface area contributed by atoms with Crippen LogP contribution in [-0.4, -0.2) is 18.2 Å². The average molecular weight is 209 g/mol. The molecule has 4 nitrogen and oxygen atoms in total. The number of carboxylic acids is 1. The van der Waals surface area contributed by atoms with Crippen LogP contribution >= 0.6 is 0 Å². The molecule has 82 valence electrons. The van der Waals surface area contributed by atoms with E-state index < -0.39 is 12.0 Å². The fourth-order valence-electron chi connectivity index (χ4n) is 1.63. The number of aryl methyl sites for hydroxylation is 1. The lowest BCUT2D eigenvalue weighted by molar-refractivity contribution is -0.138. The van der Waals surface area contributed by atoms with E-state index in [4.69, 9.17) is 15.6 Å². The lowest BCUT2D eigenvalue weighted by Crippen LogP contribution is -2.21. The van der Waals surface area contributed by atoms with Gasteiger partial charge in [-0.15, -0.1) is 0 Å². The molecule has 1 aromatic carbocycles. The average Bonchev–Trinajstić information content (AvgIpc) is 2.17. The number of benzene rings is 1. The van der Waals surface area contributed by atoms with Crippen LogP contribution in [0.15, 0.2) is 12.1 Å². The van der Waals surface area contributed by atoms with Crippen molar-refractivity contribution in [2.24, 2.45) is 5.73 Å². The Kier molecular flexibility index (Phi) is 3.31. The number of nitrogens with two attached hydrogens (primary N) is 1. The van der Waals surface area contributed by atoms with Gasteiger partial charge in [0.2, 0.25) is 0 Å². The van der Waals surface area contributed by atoms with E-state index in [1.54, 1.807) is 13.2 Å². The first-order valence-corrected chi connectivity index (χ1v) is 4.61. The van der Waals surface area contributed by atoms with Crippen LogP contribution in [0.5, 0.6) is 5.75 Å². The molecule has 0 aliphatic heterocycles. The second-order valence-electron chi connectivity index (χ2n) is 3.45. The van der Waals surface area contributed by atoms with Gasteiger partial charge < -0.3 is 15.6 Å². The Morgan fingerprint density at radius 3 is 2.53 bits per heavy atom. The lowest BCUT2D eigenvalue weighted by Gasteiger charge is -2.15. The van der Waals surface area contributed by atoms with Gasteiger partial charge >= 0.3 is 5.97 Å². The monoisotopic (exact) mass is 209 g/mol. The number of aliphatic carboxylic acids is 1. The van der Waals surface area contributed by atoms with Crippen molar-refractivity contribution in [3.63, 3.8) is 0 Å². The summed E-state index contributed by atoms with van der Waals surface area (Å²) in [5, 5.41) is 8.83. The molecule has 0 amide bonds. The van der Waals surface area contributed by atoms with Crippen molar-refractivity contribution in [3.8, 4) is 5.75 Å². The zero-order valence-electron chi connectivity index (χ0n) is 9.07. The van der Waals surface area contributed by atoms with Crippen molar-refractivity contribution in [1.29, 1.82) is 0 Å². The van der Waals surface area contributed by atoms with Crippen LogP contribution in [-0.2, 0) is 4.79 Å². The van der Waals surface area contributed by atoms with Gasteiger partial charge in [-0.25, -0.2) is 0 Å². The normalized spacial score (nSPS) is 12.3. The van der Waals surface area contributed by atoms with Crippen molar-refractivity contribution >= 4 is 5.97 Å². The Balaban J connectivity index is 3.27. The molecule has 1 rings (SSSR count). The fraction of sp³-hybridized carbons (Fsp3) is 0.364. The highest BCUT2D eigenvalue weighted by Gasteiger charge is 2.19. The quantitative estimate of drug-likeness (QED) is 0.789. The van der Waals surface area contributed by atoms with Crippen LogP contribution in [0.4, 0.5) is 0 Å². The number of hydrogen-bond donors (Lipinski definition) is 2. The molecule has 0 saturated carbocycles. The first-order valence-electron chi connectivity index (χ1n) is 4.61. The summed E-state index contributed by atoms with van der Waals surface area (Å²) in [5.74, 6) is -0.340. The third-order valence-corrected chi connectivity index (χ3v) is 2.45. The second kappa shape index (κ2) is 4.31. The molecule has 1 unspecified atom stereocenters. The zero-order valence-corrected chi connectivity index (χ0v) is 9.07. The van der Waals surface area contributed by atoms with Crippen LogP contribution < -0.4 is 10.5 Å². The molecule has 3 N–H and O–H groups in total. The number of carboxylic acid groups (broad SMARTS) is 1. The van der Waals surface area contributed by atoms with E-state index in [0.717, 1.165) is 11.1 Å². The summed E-state index contributed by atoms with van der Waals surface area (Å²) in [7, 11) is 1.56. The highest BCUT2D eigenvalue weighted by atomic mass is 16.5. The second-order valence-corrected chi connectivity index (χ2v) is 3.45. The molecule has 0 fully saturated rings. The van der Waals surface area contributed by atoms with Gasteiger partial charge in [0.15, 0.2) is 0 Å². The maximum Gasteiger partial charge on any atom is 0.325 e. The molecule has 4 heteroatoms. The number of carbonyl (C=O) groups is 1. The minimum atomic E-state index is -1.04. The molecule has 0 aromatic heterocycles. The topological polar surface area (TPSA) is 72.5 Å². The van der Waals surface area contributed by atoms with Crippen LogP contribution in [0.3, 0.4) is 0 Å². The van der Waals surface area contributed by atoms with Crippen LogP contribution in [0.25, 0.3) is 0 Å². The Morgan fingerprint density at radius 1 is 1.47 bits per heavy atom. The largest absolute Gasteiger partial charge is 0.496 e. The van der Waals surface area contributed by atoms with Gasteiger partial charge in [0.1, 0.15) is 11.8 Å². The third kappa shape index (κ3) is 2.10. The summed E-state index contributed by atoms with van der Waals surface area (Å²) in [5.41, 5.74) is 7.90. The van der Waals surface area contributed by atoms with Gasteiger partial charge in [-0.1, -0.05) is 12.1 Å². The summed E-state index contributed by atoms with van der Waals surface area (Å²) in [6.45, 7) is 3.71. The number of methoxy groups -OCH3 is 1. The molecule has 15 heavy (non-hydrogen) atoms. The molecule has 0 aliphatic carbocycles. The lowest BCUT2D eigenvalue weighted by atomic mass is 9.98. The molecule has 1 aromatic rings. The summed E-state index contributed by atoms with van der Waals surface area (Å²) in [6, 6.07) is 2.54. The third-order valence-electron chi connectivity index (χ3n) is 2.45. The fourth-order valence-corrected chi connectivity index (χ4v) is 1.63. The van der Waals surface area contributed by atoms with Gasteiger partial charge in [-0.2, -0.15) is 0 Å². The van der Waals surface area contributed by atoms with Crippen LogP contribution in [0.1, 0.15) is 22.7 Å². The van der Waals surface area contributed by atoms with Gasteiger partial charge in [0, 0.05) is 0 Å². The first-order chi connectivity index (χ1) is 6.99. The molecule has 0 aliphatic rings. The van der Waals surface area contributed by atoms with Gasteiger partial charge in [-0.3, -0.25) is 4.79 Å². The maximum atomic E-state index is 10.8. The van der Waals surface area contributed by atoms with E-state index in [1.807, 2.05) is 19.9 Å². The molecule has 1 atom stereocenters. The van der Waals surface area contributed by atoms with E-state index in [1.165, 1.54) is 0 Å². The van der Waals surface area contributed by atoms with Crippen LogP contribution in [0, 0.1) is 13.8 Å². The minimum Gasteiger partial charge on any atom is -0.496 e. The molecular formula is C11H15NO3. The Hall–Kier alpha value is -1.55.